The van der Waals surface area contributed by atoms with Gasteiger partial charge in [-0.2, -0.15) is 0 Å². The molecule has 1 saturated heterocycles. The van der Waals surface area contributed by atoms with Gasteiger partial charge in [-0.1, -0.05) is 6.07 Å². The van der Waals surface area contributed by atoms with Gasteiger partial charge in [0.15, 0.2) is 11.5 Å². The number of hydrogen-bond acceptors (Lipinski definition) is 4. The van der Waals surface area contributed by atoms with E-state index in [4.69, 9.17) is 14.2 Å². The monoisotopic (exact) mass is 347 g/mol. The highest BCUT2D eigenvalue weighted by Gasteiger charge is 2.39. The summed E-state index contributed by atoms with van der Waals surface area (Å²) >= 11 is 0. The molecular formula is C20H29NO4. The number of methoxy groups -OCH3 is 2. The molecule has 1 unspecified atom stereocenters. The van der Waals surface area contributed by atoms with Crippen molar-refractivity contribution in [2.24, 2.45) is 5.92 Å². The molecule has 1 heterocycles. The van der Waals surface area contributed by atoms with Gasteiger partial charge in [-0.15, -0.1) is 0 Å². The van der Waals surface area contributed by atoms with Crippen LogP contribution in [0, 0.1) is 5.92 Å². The third kappa shape index (κ3) is 3.92. The summed E-state index contributed by atoms with van der Waals surface area (Å²) in [6.45, 7) is 6.05. The quantitative estimate of drug-likeness (QED) is 0.793. The van der Waals surface area contributed by atoms with Crippen LogP contribution in [-0.2, 0) is 9.53 Å². The molecule has 138 valence electrons. The molecule has 1 aliphatic heterocycles. The third-order valence-corrected chi connectivity index (χ3v) is 5.37. The zero-order valence-corrected chi connectivity index (χ0v) is 15.7. The fraction of sp³-hybridized carbons (Fsp3) is 0.650. The Morgan fingerprint density at radius 1 is 1.28 bits per heavy atom. The highest BCUT2D eigenvalue weighted by molar-refractivity contribution is 5.78. The molecule has 0 spiro atoms. The van der Waals surface area contributed by atoms with Gasteiger partial charge in [0, 0.05) is 13.0 Å². The predicted octanol–water partition coefficient (Wildman–Crippen LogP) is 3.22. The Morgan fingerprint density at radius 2 is 2.00 bits per heavy atom. The van der Waals surface area contributed by atoms with Gasteiger partial charge in [0.1, 0.15) is 0 Å². The van der Waals surface area contributed by atoms with E-state index in [1.165, 1.54) is 18.4 Å². The van der Waals surface area contributed by atoms with Crippen LogP contribution >= 0.6 is 0 Å². The number of hydrogen-bond donors (Lipinski definition) is 0. The summed E-state index contributed by atoms with van der Waals surface area (Å²) in [6.07, 6.45) is 2.93. The Labute approximate surface area is 150 Å². The van der Waals surface area contributed by atoms with Gasteiger partial charge < -0.3 is 19.1 Å². The first kappa shape index (κ1) is 18.1. The van der Waals surface area contributed by atoms with Crippen LogP contribution < -0.4 is 9.47 Å². The number of ether oxygens (including phenoxy) is 3. The highest BCUT2D eigenvalue weighted by atomic mass is 16.5. The molecule has 1 aromatic rings. The lowest BCUT2D eigenvalue weighted by Gasteiger charge is -2.42. The van der Waals surface area contributed by atoms with Crippen LogP contribution in [-0.4, -0.2) is 50.3 Å². The summed E-state index contributed by atoms with van der Waals surface area (Å²) in [5.41, 5.74) is 0.931. The molecule has 2 aliphatic rings. The van der Waals surface area contributed by atoms with Crippen LogP contribution in [0.3, 0.4) is 0 Å². The SMILES string of the molecule is COc1ccc(C(CC(=O)N2CCOCC2(C)C)C2CC2)cc1OC. The van der Waals surface area contributed by atoms with Crippen molar-refractivity contribution >= 4 is 5.91 Å². The van der Waals surface area contributed by atoms with Crippen molar-refractivity contribution in [1.29, 1.82) is 0 Å². The number of amides is 1. The van der Waals surface area contributed by atoms with Crippen molar-refractivity contribution in [3.63, 3.8) is 0 Å². The molecule has 0 N–H and O–H groups in total. The van der Waals surface area contributed by atoms with Gasteiger partial charge in [-0.05, 0) is 56.2 Å². The average molecular weight is 347 g/mol. The summed E-state index contributed by atoms with van der Waals surface area (Å²) < 4.78 is 16.3. The van der Waals surface area contributed by atoms with Gasteiger partial charge in [0.05, 0.1) is 33.0 Å². The molecule has 1 atom stereocenters. The first-order valence-electron chi connectivity index (χ1n) is 9.06. The van der Waals surface area contributed by atoms with Crippen LogP contribution in [0.15, 0.2) is 18.2 Å². The normalized spacial score (nSPS) is 20.9. The van der Waals surface area contributed by atoms with Gasteiger partial charge in [0.2, 0.25) is 5.91 Å². The van der Waals surface area contributed by atoms with E-state index in [2.05, 4.69) is 19.9 Å². The number of benzene rings is 1. The van der Waals surface area contributed by atoms with Crippen LogP contribution in [0.5, 0.6) is 11.5 Å². The standard InChI is InChI=1S/C20H29NO4/c1-20(2)13-25-10-9-21(20)19(22)12-16(14-5-6-14)15-7-8-17(23-3)18(11-15)24-4/h7-8,11,14,16H,5-6,9-10,12-13H2,1-4H3. The molecule has 0 bridgehead atoms. The van der Waals surface area contributed by atoms with Crippen LogP contribution in [0.2, 0.25) is 0 Å². The largest absolute Gasteiger partial charge is 0.493 e. The minimum absolute atomic E-state index is 0.222. The van der Waals surface area contributed by atoms with Gasteiger partial charge in [-0.25, -0.2) is 0 Å². The summed E-state index contributed by atoms with van der Waals surface area (Å²) in [4.78, 5) is 15.0. The molecule has 5 heteroatoms. The first-order valence-corrected chi connectivity index (χ1v) is 9.06. The zero-order valence-electron chi connectivity index (χ0n) is 15.7. The minimum Gasteiger partial charge on any atom is -0.493 e. The fourth-order valence-electron chi connectivity index (χ4n) is 3.76. The summed E-state index contributed by atoms with van der Waals surface area (Å²) in [6, 6.07) is 6.04. The lowest BCUT2D eigenvalue weighted by atomic mass is 9.89. The van der Waals surface area contributed by atoms with E-state index in [0.717, 1.165) is 11.5 Å². The Morgan fingerprint density at radius 3 is 2.60 bits per heavy atom. The molecule has 0 aromatic heterocycles. The van der Waals surface area contributed by atoms with Crippen LogP contribution in [0.1, 0.15) is 44.6 Å². The van der Waals surface area contributed by atoms with E-state index < -0.39 is 0 Å². The Kier molecular flexibility index (Phi) is 5.23. The van der Waals surface area contributed by atoms with E-state index in [1.807, 2.05) is 17.0 Å². The molecule has 0 radical (unpaired) electrons. The van der Waals surface area contributed by atoms with E-state index in [0.29, 0.717) is 32.1 Å². The molecule has 5 nitrogen and oxygen atoms in total. The lowest BCUT2D eigenvalue weighted by molar-refractivity contribution is -0.146. The lowest BCUT2D eigenvalue weighted by Crippen LogP contribution is -2.55. The maximum Gasteiger partial charge on any atom is 0.223 e. The molecule has 1 aromatic carbocycles. The molecule has 1 aliphatic carbocycles. The van der Waals surface area contributed by atoms with Crippen LogP contribution in [0.4, 0.5) is 0 Å². The molecule has 1 amide bonds. The molecular weight excluding hydrogens is 318 g/mol. The summed E-state index contributed by atoms with van der Waals surface area (Å²) in [5.74, 6) is 2.50. The Hall–Kier alpha value is -1.75. The summed E-state index contributed by atoms with van der Waals surface area (Å²) in [5, 5.41) is 0. The Balaban J connectivity index is 1.79. The van der Waals surface area contributed by atoms with E-state index in [9.17, 15) is 4.79 Å². The van der Waals surface area contributed by atoms with Crippen molar-refractivity contribution in [2.75, 3.05) is 34.0 Å². The molecule has 3 rings (SSSR count). The number of carbonyl (C=O) groups is 1. The maximum atomic E-state index is 13.0. The van der Waals surface area contributed by atoms with Crippen LogP contribution in [0.25, 0.3) is 0 Å². The second kappa shape index (κ2) is 7.24. The number of carbonyl (C=O) groups excluding carboxylic acids is 1. The molecule has 2 fully saturated rings. The second-order valence-electron chi connectivity index (χ2n) is 7.67. The van der Waals surface area contributed by atoms with Gasteiger partial charge in [-0.3, -0.25) is 4.79 Å². The smallest absolute Gasteiger partial charge is 0.223 e. The third-order valence-electron chi connectivity index (χ3n) is 5.37. The highest BCUT2D eigenvalue weighted by Crippen LogP contribution is 2.46. The van der Waals surface area contributed by atoms with Crippen molar-refractivity contribution in [3.8, 4) is 11.5 Å². The van der Waals surface area contributed by atoms with E-state index in [-0.39, 0.29) is 17.4 Å². The second-order valence-corrected chi connectivity index (χ2v) is 7.67. The number of morpholine rings is 1. The zero-order chi connectivity index (χ0) is 18.0. The maximum absolute atomic E-state index is 13.0. The van der Waals surface area contributed by atoms with E-state index >= 15 is 0 Å². The Bertz CT molecular complexity index is 624. The summed E-state index contributed by atoms with van der Waals surface area (Å²) in [7, 11) is 3.29. The number of nitrogens with zero attached hydrogens (tertiary/aromatic N) is 1. The minimum atomic E-state index is -0.235. The van der Waals surface area contributed by atoms with E-state index in [1.54, 1.807) is 14.2 Å². The topological polar surface area (TPSA) is 48.0 Å². The van der Waals surface area contributed by atoms with Crippen molar-refractivity contribution in [2.45, 2.75) is 44.6 Å². The predicted molar refractivity (Wildman–Crippen MR) is 96.2 cm³/mol. The van der Waals surface area contributed by atoms with Crippen molar-refractivity contribution in [1.82, 2.24) is 4.90 Å². The van der Waals surface area contributed by atoms with Crippen molar-refractivity contribution in [3.05, 3.63) is 23.8 Å². The van der Waals surface area contributed by atoms with Crippen molar-refractivity contribution < 1.29 is 19.0 Å². The van der Waals surface area contributed by atoms with Gasteiger partial charge >= 0.3 is 0 Å². The molecule has 1 saturated carbocycles. The van der Waals surface area contributed by atoms with Gasteiger partial charge in [0.25, 0.3) is 0 Å². The first-order chi connectivity index (χ1) is 12.0. The average Bonchev–Trinajstić information content (AvgIpc) is 3.43. The fourth-order valence-corrected chi connectivity index (χ4v) is 3.76. The molecule has 25 heavy (non-hydrogen) atoms. The number of rotatable bonds is 6.